The number of nitrogens with zero attached hydrogens (tertiary/aromatic N) is 1. The Morgan fingerprint density at radius 3 is 2.52 bits per heavy atom. The van der Waals surface area contributed by atoms with Gasteiger partial charge in [-0.1, -0.05) is 19.8 Å². The summed E-state index contributed by atoms with van der Waals surface area (Å²) in [6.45, 7) is 9.44. The lowest BCUT2D eigenvalue weighted by molar-refractivity contribution is -0.121. The van der Waals surface area contributed by atoms with Crippen molar-refractivity contribution in [3.8, 4) is 0 Å². The minimum Gasteiger partial charge on any atom is -0.356 e. The average Bonchev–Trinajstić information content (AvgIpc) is 2.37. The van der Waals surface area contributed by atoms with Crippen molar-refractivity contribution in [1.82, 2.24) is 16.0 Å². The van der Waals surface area contributed by atoms with Crippen LogP contribution in [0.2, 0.25) is 0 Å². The van der Waals surface area contributed by atoms with Crippen molar-refractivity contribution < 1.29 is 4.79 Å². The van der Waals surface area contributed by atoms with Crippen molar-refractivity contribution in [2.24, 2.45) is 16.8 Å². The van der Waals surface area contributed by atoms with Gasteiger partial charge < -0.3 is 16.0 Å². The predicted molar refractivity (Wildman–Crippen MR) is 88.4 cm³/mol. The standard InChI is InChI=1S/C16H32N4O/c1-12-7-6-8-13(9-12)10-18-15(17-5)19-11-14(21)20-16(2,3)4/h12-13H,6-11H2,1-5H3,(H,20,21)(H2,17,18,19). The normalized spacial score (nSPS) is 23.6. The van der Waals surface area contributed by atoms with E-state index in [-0.39, 0.29) is 18.0 Å². The fourth-order valence-corrected chi connectivity index (χ4v) is 2.83. The number of hydrogen-bond donors (Lipinski definition) is 3. The molecule has 1 rings (SSSR count). The van der Waals surface area contributed by atoms with E-state index in [0.717, 1.165) is 18.4 Å². The second kappa shape index (κ2) is 8.25. The van der Waals surface area contributed by atoms with Gasteiger partial charge in [0.2, 0.25) is 5.91 Å². The van der Waals surface area contributed by atoms with Gasteiger partial charge in [0.15, 0.2) is 5.96 Å². The highest BCUT2D eigenvalue weighted by Crippen LogP contribution is 2.27. The van der Waals surface area contributed by atoms with E-state index in [2.05, 4.69) is 27.9 Å². The molecule has 0 spiro atoms. The molecule has 3 N–H and O–H groups in total. The van der Waals surface area contributed by atoms with Gasteiger partial charge in [-0.2, -0.15) is 0 Å². The van der Waals surface area contributed by atoms with Crippen molar-refractivity contribution in [2.75, 3.05) is 20.1 Å². The lowest BCUT2D eigenvalue weighted by Gasteiger charge is -2.27. The molecule has 1 amide bonds. The summed E-state index contributed by atoms with van der Waals surface area (Å²) < 4.78 is 0. The number of rotatable bonds is 4. The molecule has 0 aromatic rings. The number of amides is 1. The molecule has 0 aliphatic heterocycles. The summed E-state index contributed by atoms with van der Waals surface area (Å²) in [6, 6.07) is 0. The van der Waals surface area contributed by atoms with Crippen molar-refractivity contribution in [1.29, 1.82) is 0 Å². The smallest absolute Gasteiger partial charge is 0.239 e. The first-order valence-electron chi connectivity index (χ1n) is 8.05. The lowest BCUT2D eigenvalue weighted by Crippen LogP contribution is -2.48. The first kappa shape index (κ1) is 17.8. The minimum absolute atomic E-state index is 0.0169. The van der Waals surface area contributed by atoms with Gasteiger partial charge in [0.1, 0.15) is 0 Å². The van der Waals surface area contributed by atoms with E-state index in [9.17, 15) is 4.79 Å². The molecule has 5 heteroatoms. The summed E-state index contributed by atoms with van der Waals surface area (Å²) >= 11 is 0. The van der Waals surface area contributed by atoms with E-state index < -0.39 is 0 Å². The highest BCUT2D eigenvalue weighted by atomic mass is 16.2. The number of carbonyl (C=O) groups excluding carboxylic acids is 1. The Morgan fingerprint density at radius 2 is 1.95 bits per heavy atom. The second-order valence-electron chi connectivity index (χ2n) is 7.24. The zero-order valence-corrected chi connectivity index (χ0v) is 14.3. The molecule has 1 aliphatic rings. The molecular formula is C16H32N4O. The third kappa shape index (κ3) is 7.93. The molecule has 122 valence electrons. The van der Waals surface area contributed by atoms with Gasteiger partial charge in [-0.3, -0.25) is 9.79 Å². The SMILES string of the molecule is CN=C(NCC(=O)NC(C)(C)C)NCC1CCCC(C)C1. The summed E-state index contributed by atoms with van der Waals surface area (Å²) in [5, 5.41) is 9.33. The largest absolute Gasteiger partial charge is 0.356 e. The Balaban J connectivity index is 2.27. The lowest BCUT2D eigenvalue weighted by atomic mass is 9.82. The van der Waals surface area contributed by atoms with Crippen LogP contribution in [0.25, 0.3) is 0 Å². The quantitative estimate of drug-likeness (QED) is 0.548. The summed E-state index contributed by atoms with van der Waals surface area (Å²) in [6.07, 6.45) is 5.26. The van der Waals surface area contributed by atoms with Gasteiger partial charge in [0.25, 0.3) is 0 Å². The van der Waals surface area contributed by atoms with E-state index in [1.807, 2.05) is 20.8 Å². The zero-order chi connectivity index (χ0) is 15.9. The van der Waals surface area contributed by atoms with Gasteiger partial charge in [-0.25, -0.2) is 0 Å². The van der Waals surface area contributed by atoms with Crippen LogP contribution in [0.1, 0.15) is 53.4 Å². The molecule has 0 heterocycles. The van der Waals surface area contributed by atoms with Crippen LogP contribution in [0.3, 0.4) is 0 Å². The molecule has 0 saturated heterocycles. The molecule has 2 atom stereocenters. The van der Waals surface area contributed by atoms with Crippen LogP contribution in [0.15, 0.2) is 4.99 Å². The number of aliphatic imine (C=N–C) groups is 1. The third-order valence-electron chi connectivity index (χ3n) is 3.76. The fourth-order valence-electron chi connectivity index (χ4n) is 2.83. The Labute approximate surface area is 129 Å². The van der Waals surface area contributed by atoms with Crippen LogP contribution in [-0.4, -0.2) is 37.5 Å². The van der Waals surface area contributed by atoms with Gasteiger partial charge in [-0.05, 0) is 45.4 Å². The molecule has 1 saturated carbocycles. The Bertz CT molecular complexity index is 360. The van der Waals surface area contributed by atoms with E-state index in [1.165, 1.54) is 25.7 Å². The van der Waals surface area contributed by atoms with Crippen LogP contribution in [-0.2, 0) is 4.79 Å². The van der Waals surface area contributed by atoms with Crippen molar-refractivity contribution in [3.63, 3.8) is 0 Å². The maximum atomic E-state index is 11.8. The van der Waals surface area contributed by atoms with Gasteiger partial charge in [0, 0.05) is 19.1 Å². The topological polar surface area (TPSA) is 65.5 Å². The second-order valence-corrected chi connectivity index (χ2v) is 7.24. The van der Waals surface area contributed by atoms with Gasteiger partial charge in [0.05, 0.1) is 6.54 Å². The maximum absolute atomic E-state index is 11.8. The third-order valence-corrected chi connectivity index (χ3v) is 3.76. The first-order valence-corrected chi connectivity index (χ1v) is 8.05. The number of hydrogen-bond acceptors (Lipinski definition) is 2. The van der Waals surface area contributed by atoms with Crippen molar-refractivity contribution in [3.05, 3.63) is 0 Å². The molecule has 0 aromatic carbocycles. The fraction of sp³-hybridized carbons (Fsp3) is 0.875. The summed E-state index contributed by atoms with van der Waals surface area (Å²) in [5.41, 5.74) is -0.200. The highest BCUT2D eigenvalue weighted by Gasteiger charge is 2.19. The van der Waals surface area contributed by atoms with Crippen LogP contribution < -0.4 is 16.0 Å². The van der Waals surface area contributed by atoms with Crippen LogP contribution in [0.5, 0.6) is 0 Å². The summed E-state index contributed by atoms with van der Waals surface area (Å²) in [7, 11) is 1.74. The molecule has 5 nitrogen and oxygen atoms in total. The van der Waals surface area contributed by atoms with Crippen molar-refractivity contribution in [2.45, 2.75) is 58.9 Å². The molecule has 1 fully saturated rings. The summed E-state index contributed by atoms with van der Waals surface area (Å²) in [4.78, 5) is 15.9. The van der Waals surface area contributed by atoms with Gasteiger partial charge in [-0.15, -0.1) is 0 Å². The molecule has 0 bridgehead atoms. The van der Waals surface area contributed by atoms with Crippen molar-refractivity contribution >= 4 is 11.9 Å². The summed E-state index contributed by atoms with van der Waals surface area (Å²) in [5.74, 6) is 2.24. The average molecular weight is 296 g/mol. The molecule has 1 aliphatic carbocycles. The first-order chi connectivity index (χ1) is 9.80. The number of nitrogens with one attached hydrogen (secondary N) is 3. The van der Waals surface area contributed by atoms with E-state index in [4.69, 9.17) is 0 Å². The highest BCUT2D eigenvalue weighted by molar-refractivity contribution is 5.86. The van der Waals surface area contributed by atoms with Crippen LogP contribution >= 0.6 is 0 Å². The number of guanidine groups is 1. The molecule has 2 unspecified atom stereocenters. The van der Waals surface area contributed by atoms with E-state index >= 15 is 0 Å². The minimum atomic E-state index is -0.200. The Morgan fingerprint density at radius 1 is 1.24 bits per heavy atom. The van der Waals surface area contributed by atoms with Crippen LogP contribution in [0, 0.1) is 11.8 Å². The van der Waals surface area contributed by atoms with E-state index in [1.54, 1.807) is 7.05 Å². The maximum Gasteiger partial charge on any atom is 0.239 e. The predicted octanol–water partition coefficient (Wildman–Crippen LogP) is 1.89. The van der Waals surface area contributed by atoms with Crippen LogP contribution in [0.4, 0.5) is 0 Å². The number of carbonyl (C=O) groups is 1. The van der Waals surface area contributed by atoms with Gasteiger partial charge >= 0.3 is 0 Å². The zero-order valence-electron chi connectivity index (χ0n) is 14.3. The molecular weight excluding hydrogens is 264 g/mol. The Kier molecular flexibility index (Phi) is 6.99. The Hall–Kier alpha value is -1.26. The van der Waals surface area contributed by atoms with E-state index in [0.29, 0.717) is 5.96 Å². The monoisotopic (exact) mass is 296 g/mol. The molecule has 0 aromatic heterocycles. The molecule has 0 radical (unpaired) electrons. The molecule has 21 heavy (non-hydrogen) atoms.